The zero-order valence-corrected chi connectivity index (χ0v) is 8.11. The molecular weight excluding hydrogens is 178 g/mol. The minimum Gasteiger partial charge on any atom is -0.298 e. The Labute approximate surface area is 81.2 Å². The van der Waals surface area contributed by atoms with E-state index in [4.69, 9.17) is 0 Å². The fourth-order valence-corrected chi connectivity index (χ4v) is 1.24. The van der Waals surface area contributed by atoms with E-state index in [0.29, 0.717) is 5.56 Å². The quantitative estimate of drug-likeness (QED) is 0.732. The summed E-state index contributed by atoms with van der Waals surface area (Å²) in [6.07, 6.45) is 3.36. The average molecular weight is 189 g/mol. The van der Waals surface area contributed by atoms with Crippen molar-refractivity contribution in [3.05, 3.63) is 46.1 Å². The second-order valence-electron chi connectivity index (χ2n) is 3.25. The van der Waals surface area contributed by atoms with Gasteiger partial charge in [0, 0.05) is 17.5 Å². The molecule has 0 unspecified atom stereocenters. The fourth-order valence-electron chi connectivity index (χ4n) is 1.24. The third-order valence-corrected chi connectivity index (χ3v) is 2.10. The van der Waals surface area contributed by atoms with Crippen LogP contribution in [0.3, 0.4) is 0 Å². The first-order chi connectivity index (χ1) is 6.68. The molecule has 0 bridgehead atoms. The van der Waals surface area contributed by atoms with Crippen molar-refractivity contribution in [3.63, 3.8) is 0 Å². The second kappa shape index (κ2) is 3.14. The Kier molecular flexibility index (Phi) is 1.96. The third-order valence-electron chi connectivity index (χ3n) is 2.10. The summed E-state index contributed by atoms with van der Waals surface area (Å²) in [6.45, 7) is 3.68. The number of nitrogens with one attached hydrogen (secondary N) is 1. The van der Waals surface area contributed by atoms with Crippen LogP contribution in [0.4, 0.5) is 0 Å². The van der Waals surface area contributed by atoms with Gasteiger partial charge in [0.25, 0.3) is 5.56 Å². The monoisotopic (exact) mass is 189 g/mol. The molecule has 0 aliphatic rings. The van der Waals surface area contributed by atoms with Gasteiger partial charge in [0.15, 0.2) is 0 Å². The normalized spacial score (nSPS) is 10.4. The van der Waals surface area contributed by atoms with Gasteiger partial charge >= 0.3 is 0 Å². The van der Waals surface area contributed by atoms with E-state index in [1.807, 2.05) is 19.1 Å². The van der Waals surface area contributed by atoms with Crippen molar-refractivity contribution in [2.45, 2.75) is 13.8 Å². The third kappa shape index (κ3) is 1.35. The number of rotatable bonds is 1. The number of pyridine rings is 1. The zero-order chi connectivity index (χ0) is 10.1. The van der Waals surface area contributed by atoms with Crippen molar-refractivity contribution >= 4 is 0 Å². The van der Waals surface area contributed by atoms with Gasteiger partial charge in [-0.1, -0.05) is 0 Å². The summed E-state index contributed by atoms with van der Waals surface area (Å²) in [6, 6.07) is 3.73. The van der Waals surface area contributed by atoms with Crippen molar-refractivity contribution in [2.75, 3.05) is 0 Å². The minimum absolute atomic E-state index is 0.0318. The first-order valence-corrected chi connectivity index (χ1v) is 4.38. The van der Waals surface area contributed by atoms with Gasteiger partial charge in [-0.3, -0.25) is 14.9 Å². The molecule has 0 aliphatic heterocycles. The van der Waals surface area contributed by atoms with Crippen LogP contribution in [-0.4, -0.2) is 14.8 Å². The largest absolute Gasteiger partial charge is 0.298 e. The van der Waals surface area contributed by atoms with E-state index in [0.717, 1.165) is 11.4 Å². The molecule has 4 nitrogen and oxygen atoms in total. The predicted molar refractivity (Wildman–Crippen MR) is 53.7 cm³/mol. The van der Waals surface area contributed by atoms with Crippen LogP contribution in [-0.2, 0) is 0 Å². The van der Waals surface area contributed by atoms with Crippen LogP contribution in [0.1, 0.15) is 11.3 Å². The van der Waals surface area contributed by atoms with Crippen molar-refractivity contribution in [3.8, 4) is 5.69 Å². The van der Waals surface area contributed by atoms with E-state index in [1.54, 1.807) is 19.3 Å². The standard InChI is InChI=1S/C10H11N3O/c1-7-5-12-13(10(7)14)9-4-3-8(2)11-6-9/h3-6,12H,1-2H3. The molecule has 0 spiro atoms. The number of aryl methyl sites for hydroxylation is 2. The Morgan fingerprint density at radius 2 is 2.14 bits per heavy atom. The molecule has 2 aromatic heterocycles. The van der Waals surface area contributed by atoms with Crippen LogP contribution >= 0.6 is 0 Å². The number of hydrogen-bond acceptors (Lipinski definition) is 2. The Bertz CT molecular complexity index is 493. The molecular formula is C10H11N3O. The highest BCUT2D eigenvalue weighted by Gasteiger charge is 2.03. The maximum atomic E-state index is 11.6. The summed E-state index contributed by atoms with van der Waals surface area (Å²) in [4.78, 5) is 15.7. The Morgan fingerprint density at radius 1 is 1.36 bits per heavy atom. The lowest BCUT2D eigenvalue weighted by atomic mass is 10.3. The maximum absolute atomic E-state index is 11.6. The lowest BCUT2D eigenvalue weighted by Gasteiger charge is -2.00. The van der Waals surface area contributed by atoms with Crippen LogP contribution in [0.5, 0.6) is 0 Å². The van der Waals surface area contributed by atoms with E-state index < -0.39 is 0 Å². The first-order valence-electron chi connectivity index (χ1n) is 4.38. The summed E-state index contributed by atoms with van der Waals surface area (Å²) in [5.74, 6) is 0. The van der Waals surface area contributed by atoms with Crippen LogP contribution < -0.4 is 5.56 Å². The Morgan fingerprint density at radius 3 is 2.64 bits per heavy atom. The highest BCUT2D eigenvalue weighted by Crippen LogP contribution is 2.02. The average Bonchev–Trinajstić information content (AvgIpc) is 2.50. The van der Waals surface area contributed by atoms with Gasteiger partial charge in [-0.25, -0.2) is 4.68 Å². The number of hydrogen-bond donors (Lipinski definition) is 1. The molecule has 14 heavy (non-hydrogen) atoms. The Hall–Kier alpha value is -1.84. The Balaban J connectivity index is 2.55. The van der Waals surface area contributed by atoms with Gasteiger partial charge in [0.05, 0.1) is 11.9 Å². The van der Waals surface area contributed by atoms with E-state index >= 15 is 0 Å². The lowest BCUT2D eigenvalue weighted by Crippen LogP contribution is -2.15. The molecule has 0 aromatic carbocycles. The summed E-state index contributed by atoms with van der Waals surface area (Å²) in [5.41, 5.74) is 2.36. The van der Waals surface area contributed by atoms with Crippen molar-refractivity contribution < 1.29 is 0 Å². The maximum Gasteiger partial charge on any atom is 0.274 e. The van der Waals surface area contributed by atoms with Gasteiger partial charge in [0.1, 0.15) is 0 Å². The van der Waals surface area contributed by atoms with E-state index in [-0.39, 0.29) is 5.56 Å². The van der Waals surface area contributed by atoms with Crippen LogP contribution in [0.15, 0.2) is 29.3 Å². The topological polar surface area (TPSA) is 50.7 Å². The smallest absolute Gasteiger partial charge is 0.274 e. The molecule has 4 heteroatoms. The molecule has 0 atom stereocenters. The molecule has 2 rings (SSSR count). The summed E-state index contributed by atoms with van der Waals surface area (Å²) < 4.78 is 1.47. The summed E-state index contributed by atoms with van der Waals surface area (Å²) in [5, 5.41) is 2.87. The number of aromatic nitrogens is 3. The molecule has 0 fully saturated rings. The molecule has 0 saturated carbocycles. The molecule has 0 saturated heterocycles. The fraction of sp³-hybridized carbons (Fsp3) is 0.200. The van der Waals surface area contributed by atoms with E-state index in [2.05, 4.69) is 10.1 Å². The van der Waals surface area contributed by atoms with Crippen molar-refractivity contribution in [1.82, 2.24) is 14.8 Å². The van der Waals surface area contributed by atoms with Gasteiger partial charge < -0.3 is 0 Å². The molecule has 0 aliphatic carbocycles. The van der Waals surface area contributed by atoms with Crippen LogP contribution in [0, 0.1) is 13.8 Å². The van der Waals surface area contributed by atoms with Gasteiger partial charge in [-0.2, -0.15) is 0 Å². The molecule has 0 radical (unpaired) electrons. The second-order valence-corrected chi connectivity index (χ2v) is 3.25. The minimum atomic E-state index is -0.0318. The lowest BCUT2D eigenvalue weighted by molar-refractivity contribution is 0.840. The van der Waals surface area contributed by atoms with E-state index in [9.17, 15) is 4.79 Å². The summed E-state index contributed by atoms with van der Waals surface area (Å²) in [7, 11) is 0. The number of H-pyrrole nitrogens is 1. The SMILES string of the molecule is Cc1ccc(-n2[nH]cc(C)c2=O)cn1. The van der Waals surface area contributed by atoms with Gasteiger partial charge in [-0.15, -0.1) is 0 Å². The van der Waals surface area contributed by atoms with E-state index in [1.165, 1.54) is 4.68 Å². The molecule has 2 aromatic rings. The van der Waals surface area contributed by atoms with Crippen molar-refractivity contribution in [2.24, 2.45) is 0 Å². The molecule has 1 N–H and O–H groups in total. The van der Waals surface area contributed by atoms with Crippen LogP contribution in [0.2, 0.25) is 0 Å². The zero-order valence-electron chi connectivity index (χ0n) is 8.11. The van der Waals surface area contributed by atoms with Crippen molar-refractivity contribution in [1.29, 1.82) is 0 Å². The van der Waals surface area contributed by atoms with Gasteiger partial charge in [0.2, 0.25) is 0 Å². The number of nitrogens with zero attached hydrogens (tertiary/aromatic N) is 2. The molecule has 0 amide bonds. The van der Waals surface area contributed by atoms with Crippen LogP contribution in [0.25, 0.3) is 5.69 Å². The number of aromatic amines is 1. The summed E-state index contributed by atoms with van der Waals surface area (Å²) >= 11 is 0. The highest BCUT2D eigenvalue weighted by molar-refractivity contribution is 5.29. The molecule has 72 valence electrons. The highest BCUT2D eigenvalue weighted by atomic mass is 16.1. The predicted octanol–water partition coefficient (Wildman–Crippen LogP) is 1.18. The first kappa shape index (κ1) is 8.74. The van der Waals surface area contributed by atoms with Gasteiger partial charge in [-0.05, 0) is 26.0 Å². The molecule has 2 heterocycles.